The first-order valence-corrected chi connectivity index (χ1v) is 15.4. The number of benzene rings is 3. The van der Waals surface area contributed by atoms with Crippen molar-refractivity contribution in [3.63, 3.8) is 0 Å². The van der Waals surface area contributed by atoms with Crippen molar-refractivity contribution in [3.05, 3.63) is 71.0 Å². The number of hydrogen-bond acceptors (Lipinski definition) is 1. The predicted molar refractivity (Wildman–Crippen MR) is 149 cm³/mol. The highest BCUT2D eigenvalue weighted by molar-refractivity contribution is 6.92. The van der Waals surface area contributed by atoms with Gasteiger partial charge in [-0.05, 0) is 66.8 Å². The molecule has 0 saturated carbocycles. The molecule has 35 heavy (non-hydrogen) atoms. The van der Waals surface area contributed by atoms with Crippen LogP contribution >= 0.6 is 0 Å². The first-order chi connectivity index (χ1) is 16.3. The van der Waals surface area contributed by atoms with E-state index in [1.54, 1.807) is 0 Å². The number of rotatable bonds is 2. The first-order valence-electron chi connectivity index (χ1n) is 12.4. The Morgan fingerprint density at radius 3 is 2.23 bits per heavy atom. The molecule has 0 atom stereocenters. The zero-order valence-electron chi connectivity index (χ0n) is 22.4. The van der Waals surface area contributed by atoms with Crippen molar-refractivity contribution in [1.82, 2.24) is 0 Å². The summed E-state index contributed by atoms with van der Waals surface area (Å²) in [6, 6.07) is 16.3. The number of nitrogens with zero attached hydrogens (tertiary/aromatic N) is 1. The summed E-state index contributed by atoms with van der Waals surface area (Å²) in [4.78, 5) is 0. The Balaban J connectivity index is 1.82. The first kappa shape index (κ1) is 23.7. The van der Waals surface area contributed by atoms with Crippen LogP contribution in [-0.4, -0.2) is 8.07 Å². The van der Waals surface area contributed by atoms with E-state index in [2.05, 4.69) is 96.6 Å². The van der Waals surface area contributed by atoms with Crippen LogP contribution in [0.2, 0.25) is 18.1 Å². The van der Waals surface area contributed by atoms with E-state index in [1.165, 1.54) is 44.9 Å². The van der Waals surface area contributed by atoms with Crippen LogP contribution < -0.4 is 9.75 Å². The molecule has 2 heterocycles. The van der Waals surface area contributed by atoms with Crippen molar-refractivity contribution >= 4 is 46.1 Å². The van der Waals surface area contributed by atoms with E-state index in [1.807, 2.05) is 6.07 Å². The summed E-state index contributed by atoms with van der Waals surface area (Å²) in [6.45, 7) is 18.5. The van der Waals surface area contributed by atoms with E-state index in [-0.39, 0.29) is 10.9 Å². The smallest absolute Gasteiger partial charge is 0.217 e. The molecule has 0 saturated heterocycles. The number of pyridine rings is 1. The molecule has 5 aromatic rings. The third kappa shape index (κ3) is 3.53. The summed E-state index contributed by atoms with van der Waals surface area (Å²) in [5.74, 6) is -0.281. The van der Waals surface area contributed by atoms with Gasteiger partial charge < -0.3 is 4.42 Å². The standard InChI is InChI=1S/C31H35FNOSi/c1-18-14-25-23-12-10-21(32)16-28(23)34-30(25)29(20(18)3)27-15-19(2)24-17-22(11-13-26(24)33(27)7)35(8,9)31(4,5)6/h10-17H,1-9H3/q+1. The zero-order chi connectivity index (χ0) is 25.4. The number of aryl methyl sites for hydroxylation is 3. The normalized spacial score (nSPS) is 12.9. The van der Waals surface area contributed by atoms with Gasteiger partial charge in [0, 0.05) is 34.4 Å². The molecule has 0 fully saturated rings. The molecule has 0 N–H and O–H groups in total. The van der Waals surface area contributed by atoms with Crippen LogP contribution in [0.5, 0.6) is 0 Å². The molecule has 0 unspecified atom stereocenters. The average molecular weight is 485 g/mol. The van der Waals surface area contributed by atoms with E-state index in [0.29, 0.717) is 5.58 Å². The highest BCUT2D eigenvalue weighted by Gasteiger charge is 2.37. The summed E-state index contributed by atoms with van der Waals surface area (Å²) < 4.78 is 22.6. The van der Waals surface area contributed by atoms with Gasteiger partial charge >= 0.3 is 0 Å². The second kappa shape index (κ2) is 7.76. The van der Waals surface area contributed by atoms with Crippen molar-refractivity contribution in [3.8, 4) is 11.3 Å². The fraction of sp³-hybridized carbons (Fsp3) is 0.323. The van der Waals surface area contributed by atoms with Gasteiger partial charge in [0.1, 0.15) is 24.0 Å². The molecule has 0 aliphatic heterocycles. The van der Waals surface area contributed by atoms with E-state index in [4.69, 9.17) is 4.42 Å². The maximum Gasteiger partial charge on any atom is 0.217 e. The monoisotopic (exact) mass is 484 g/mol. The highest BCUT2D eigenvalue weighted by atomic mass is 28.3. The molecule has 0 amide bonds. The highest BCUT2D eigenvalue weighted by Crippen LogP contribution is 2.40. The summed E-state index contributed by atoms with van der Waals surface area (Å²) >= 11 is 0. The van der Waals surface area contributed by atoms with Crippen LogP contribution in [0.1, 0.15) is 37.5 Å². The van der Waals surface area contributed by atoms with Gasteiger partial charge in [0.05, 0.1) is 13.6 Å². The molecule has 0 aliphatic rings. The fourth-order valence-corrected chi connectivity index (χ4v) is 7.01. The van der Waals surface area contributed by atoms with E-state index < -0.39 is 8.07 Å². The average Bonchev–Trinajstić information content (AvgIpc) is 3.13. The Labute approximate surface area is 208 Å². The van der Waals surface area contributed by atoms with E-state index in [0.717, 1.165) is 27.6 Å². The fourth-order valence-electron chi connectivity index (χ4n) is 5.14. The number of furan rings is 1. The van der Waals surface area contributed by atoms with Gasteiger partial charge in [0.15, 0.2) is 0 Å². The number of aromatic nitrogens is 1. The van der Waals surface area contributed by atoms with Crippen LogP contribution in [0.25, 0.3) is 44.1 Å². The maximum atomic E-state index is 14.0. The predicted octanol–water partition coefficient (Wildman–Crippen LogP) is 8.01. The molecule has 0 aliphatic carbocycles. The summed E-state index contributed by atoms with van der Waals surface area (Å²) in [5.41, 5.74) is 8.45. The van der Waals surface area contributed by atoms with Crippen LogP contribution in [0.15, 0.2) is 52.9 Å². The third-order valence-corrected chi connectivity index (χ3v) is 14.1. The lowest BCUT2D eigenvalue weighted by molar-refractivity contribution is -0.633. The van der Waals surface area contributed by atoms with Crippen LogP contribution in [0, 0.1) is 26.6 Å². The maximum absolute atomic E-state index is 14.0. The van der Waals surface area contributed by atoms with Gasteiger partial charge in [-0.3, -0.25) is 0 Å². The van der Waals surface area contributed by atoms with Crippen molar-refractivity contribution in [2.45, 2.75) is 59.7 Å². The molecular weight excluding hydrogens is 449 g/mol. The molecule has 4 heteroatoms. The van der Waals surface area contributed by atoms with E-state index in [9.17, 15) is 4.39 Å². The second-order valence-electron chi connectivity index (χ2n) is 11.7. The van der Waals surface area contributed by atoms with Crippen LogP contribution in [0.3, 0.4) is 0 Å². The minimum absolute atomic E-state index is 0.280. The lowest BCUT2D eigenvalue weighted by atomic mass is 9.95. The quantitative estimate of drug-likeness (QED) is 0.183. The van der Waals surface area contributed by atoms with Crippen molar-refractivity contribution in [2.24, 2.45) is 7.05 Å². The van der Waals surface area contributed by atoms with Gasteiger partial charge in [-0.15, -0.1) is 0 Å². The van der Waals surface area contributed by atoms with Crippen LogP contribution in [0.4, 0.5) is 4.39 Å². The van der Waals surface area contributed by atoms with Crippen molar-refractivity contribution < 1.29 is 13.4 Å². The summed E-state index contributed by atoms with van der Waals surface area (Å²) in [7, 11) is 0.491. The number of hydrogen-bond donors (Lipinski definition) is 0. The third-order valence-electron chi connectivity index (χ3n) is 8.60. The second-order valence-corrected chi connectivity index (χ2v) is 17.0. The minimum atomic E-state index is -1.65. The molecule has 180 valence electrons. The topological polar surface area (TPSA) is 17.0 Å². The van der Waals surface area contributed by atoms with Crippen molar-refractivity contribution in [2.75, 3.05) is 0 Å². The molecule has 3 aromatic carbocycles. The Morgan fingerprint density at radius 2 is 1.54 bits per heavy atom. The Bertz CT molecular complexity index is 1650. The van der Waals surface area contributed by atoms with E-state index >= 15 is 0 Å². The van der Waals surface area contributed by atoms with Crippen LogP contribution in [-0.2, 0) is 7.05 Å². The van der Waals surface area contributed by atoms with Gasteiger partial charge in [-0.1, -0.05) is 45.1 Å². The SMILES string of the molecule is Cc1cc2c(oc3cc(F)ccc32)c(-c2cc(C)c3cc([Si](C)(C)C(C)(C)C)ccc3[n+]2C)c1C. The molecule has 0 spiro atoms. The largest absolute Gasteiger partial charge is 0.455 e. The molecule has 5 rings (SSSR count). The number of halogens is 1. The molecular formula is C31H35FNOSi+. The zero-order valence-corrected chi connectivity index (χ0v) is 23.4. The minimum Gasteiger partial charge on any atom is -0.455 e. The Hall–Kier alpha value is -2.98. The Morgan fingerprint density at radius 1 is 0.829 bits per heavy atom. The lowest BCUT2D eigenvalue weighted by Crippen LogP contribution is -2.49. The molecule has 0 bridgehead atoms. The van der Waals surface area contributed by atoms with Gasteiger partial charge in [0.2, 0.25) is 11.2 Å². The number of fused-ring (bicyclic) bond motifs is 4. The van der Waals surface area contributed by atoms with Gasteiger partial charge in [0.25, 0.3) is 0 Å². The van der Waals surface area contributed by atoms with Gasteiger partial charge in [-0.25, -0.2) is 4.39 Å². The lowest BCUT2D eigenvalue weighted by Gasteiger charge is -2.37. The van der Waals surface area contributed by atoms with Crippen molar-refractivity contribution in [1.29, 1.82) is 0 Å². The molecule has 2 nitrogen and oxygen atoms in total. The molecule has 0 radical (unpaired) electrons. The summed E-state index contributed by atoms with van der Waals surface area (Å²) in [6.07, 6.45) is 0. The van der Waals surface area contributed by atoms with Gasteiger partial charge in [-0.2, -0.15) is 4.57 Å². The molecule has 2 aromatic heterocycles. The summed E-state index contributed by atoms with van der Waals surface area (Å²) in [5, 5.41) is 5.05. The Kier molecular flexibility index (Phi) is 5.26.